The molecule has 2 aromatic rings. The molecule has 170 valence electrons. The van der Waals surface area contributed by atoms with Crippen LogP contribution in [0.25, 0.3) is 0 Å². The van der Waals surface area contributed by atoms with Gasteiger partial charge in [-0.1, -0.05) is 12.1 Å². The average molecular weight is 484 g/mol. The Morgan fingerprint density at radius 2 is 1.56 bits per heavy atom. The van der Waals surface area contributed by atoms with Crippen molar-refractivity contribution in [2.75, 3.05) is 31.9 Å². The van der Waals surface area contributed by atoms with Gasteiger partial charge in [0.1, 0.15) is 5.75 Å². The SMILES string of the molecule is N#Cc1ccc(CS(=O)(=O)CC(=O)N2CCN(S(=O)(=O)c3ccc(F)c(F)c3)CC2)cc1. The Hall–Kier alpha value is -2.88. The average Bonchev–Trinajstić information content (AvgIpc) is 2.75. The second kappa shape index (κ2) is 9.32. The number of sulfonamides is 1. The molecule has 0 N–H and O–H groups in total. The second-order valence-corrected chi connectivity index (χ2v) is 11.2. The third-order valence-corrected chi connectivity index (χ3v) is 8.29. The van der Waals surface area contributed by atoms with Crippen molar-refractivity contribution in [2.45, 2.75) is 10.6 Å². The molecule has 1 aliphatic rings. The lowest BCUT2D eigenvalue weighted by molar-refractivity contribution is -0.129. The predicted molar refractivity (Wildman–Crippen MR) is 110 cm³/mol. The summed E-state index contributed by atoms with van der Waals surface area (Å²) in [6.45, 7) is -0.284. The minimum Gasteiger partial charge on any atom is -0.339 e. The van der Waals surface area contributed by atoms with Gasteiger partial charge in [0.2, 0.25) is 15.9 Å². The van der Waals surface area contributed by atoms with Crippen LogP contribution in [-0.2, 0) is 30.4 Å². The van der Waals surface area contributed by atoms with E-state index < -0.39 is 48.1 Å². The van der Waals surface area contributed by atoms with Gasteiger partial charge in [-0.25, -0.2) is 25.6 Å². The molecule has 0 unspecified atom stereocenters. The third kappa shape index (κ3) is 5.48. The maximum Gasteiger partial charge on any atom is 0.243 e. The number of amides is 1. The number of sulfone groups is 1. The molecular weight excluding hydrogens is 464 g/mol. The van der Waals surface area contributed by atoms with E-state index in [0.29, 0.717) is 17.2 Å². The maximum absolute atomic E-state index is 13.4. The van der Waals surface area contributed by atoms with Crippen LogP contribution in [0.15, 0.2) is 47.4 Å². The first kappa shape index (κ1) is 23.8. The summed E-state index contributed by atoms with van der Waals surface area (Å²) in [5.74, 6) is -4.20. The summed E-state index contributed by atoms with van der Waals surface area (Å²) in [5.41, 5.74) is 0.831. The topological polar surface area (TPSA) is 116 Å². The Balaban J connectivity index is 1.59. The molecule has 1 fully saturated rings. The lowest BCUT2D eigenvalue weighted by atomic mass is 10.2. The molecular formula is C20H19F2N3O5S2. The van der Waals surface area contributed by atoms with Gasteiger partial charge in [-0.15, -0.1) is 0 Å². The van der Waals surface area contributed by atoms with Crippen molar-refractivity contribution in [1.82, 2.24) is 9.21 Å². The second-order valence-electron chi connectivity index (χ2n) is 7.20. The minimum atomic E-state index is -4.08. The zero-order valence-electron chi connectivity index (χ0n) is 16.7. The number of rotatable bonds is 6. The van der Waals surface area contributed by atoms with Gasteiger partial charge in [0.15, 0.2) is 21.5 Å². The fraction of sp³-hybridized carbons (Fsp3) is 0.300. The molecule has 32 heavy (non-hydrogen) atoms. The molecule has 1 aliphatic heterocycles. The van der Waals surface area contributed by atoms with Gasteiger partial charge in [0, 0.05) is 26.2 Å². The number of hydrogen-bond acceptors (Lipinski definition) is 6. The van der Waals surface area contributed by atoms with Crippen molar-refractivity contribution in [3.63, 3.8) is 0 Å². The van der Waals surface area contributed by atoms with Gasteiger partial charge < -0.3 is 4.90 Å². The summed E-state index contributed by atoms with van der Waals surface area (Å²) in [5, 5.41) is 8.79. The number of piperazine rings is 1. The highest BCUT2D eigenvalue weighted by Crippen LogP contribution is 2.20. The number of benzene rings is 2. The molecule has 0 atom stereocenters. The summed E-state index contributed by atoms with van der Waals surface area (Å²) in [7, 11) is -7.86. The number of carbonyl (C=O) groups excluding carboxylic acids is 1. The molecule has 0 aromatic heterocycles. The van der Waals surface area contributed by atoms with E-state index in [0.717, 1.165) is 16.4 Å². The van der Waals surface area contributed by atoms with Crippen molar-refractivity contribution >= 4 is 25.8 Å². The molecule has 1 heterocycles. The van der Waals surface area contributed by atoms with Gasteiger partial charge in [0.25, 0.3) is 0 Å². The summed E-state index contributed by atoms with van der Waals surface area (Å²) < 4.78 is 77.6. The number of carbonyl (C=O) groups is 1. The van der Waals surface area contributed by atoms with E-state index in [4.69, 9.17) is 5.26 Å². The Morgan fingerprint density at radius 1 is 0.938 bits per heavy atom. The zero-order valence-corrected chi connectivity index (χ0v) is 18.4. The molecule has 0 bridgehead atoms. The van der Waals surface area contributed by atoms with Crippen LogP contribution in [0.3, 0.4) is 0 Å². The molecule has 1 amide bonds. The van der Waals surface area contributed by atoms with Gasteiger partial charge >= 0.3 is 0 Å². The number of nitriles is 1. The van der Waals surface area contributed by atoms with Crippen LogP contribution in [0.5, 0.6) is 0 Å². The Kier molecular flexibility index (Phi) is 6.92. The number of nitrogens with zero attached hydrogens (tertiary/aromatic N) is 3. The van der Waals surface area contributed by atoms with Gasteiger partial charge in [-0.05, 0) is 35.9 Å². The summed E-state index contributed by atoms with van der Waals surface area (Å²) in [6.07, 6.45) is 0. The van der Waals surface area contributed by atoms with E-state index in [1.807, 2.05) is 6.07 Å². The Morgan fingerprint density at radius 3 is 2.12 bits per heavy atom. The summed E-state index contributed by atoms with van der Waals surface area (Å²) >= 11 is 0. The van der Waals surface area contributed by atoms with Crippen LogP contribution >= 0.6 is 0 Å². The van der Waals surface area contributed by atoms with Crippen molar-refractivity contribution in [3.8, 4) is 6.07 Å². The molecule has 1 saturated heterocycles. The first-order valence-corrected chi connectivity index (χ1v) is 12.7. The number of hydrogen-bond donors (Lipinski definition) is 0. The predicted octanol–water partition coefficient (Wildman–Crippen LogP) is 1.28. The lowest BCUT2D eigenvalue weighted by Gasteiger charge is -2.34. The molecule has 0 saturated carbocycles. The first-order valence-electron chi connectivity index (χ1n) is 9.44. The fourth-order valence-corrected chi connectivity index (χ4v) is 6.02. The van der Waals surface area contributed by atoms with Gasteiger partial charge in [-0.3, -0.25) is 4.79 Å². The smallest absolute Gasteiger partial charge is 0.243 e. The van der Waals surface area contributed by atoms with Crippen LogP contribution in [0.2, 0.25) is 0 Å². The quantitative estimate of drug-likeness (QED) is 0.611. The van der Waals surface area contributed by atoms with Crippen LogP contribution in [0, 0.1) is 23.0 Å². The lowest BCUT2D eigenvalue weighted by Crippen LogP contribution is -2.51. The van der Waals surface area contributed by atoms with E-state index in [1.54, 1.807) is 0 Å². The van der Waals surface area contributed by atoms with E-state index in [1.165, 1.54) is 29.2 Å². The Bertz CT molecular complexity index is 1270. The maximum atomic E-state index is 13.4. The highest BCUT2D eigenvalue weighted by atomic mass is 32.2. The van der Waals surface area contributed by atoms with Crippen LogP contribution in [0.1, 0.15) is 11.1 Å². The molecule has 12 heteroatoms. The molecule has 0 radical (unpaired) electrons. The van der Waals surface area contributed by atoms with Crippen molar-refractivity contribution in [2.24, 2.45) is 0 Å². The molecule has 0 aliphatic carbocycles. The van der Waals surface area contributed by atoms with Crippen LogP contribution < -0.4 is 0 Å². The van der Waals surface area contributed by atoms with Crippen molar-refractivity contribution < 1.29 is 30.4 Å². The summed E-state index contributed by atoms with van der Waals surface area (Å²) in [6, 6.07) is 10.2. The normalized spacial score (nSPS) is 15.3. The Labute approximate surface area is 184 Å². The third-order valence-electron chi connectivity index (χ3n) is 4.93. The molecule has 8 nitrogen and oxygen atoms in total. The molecule has 2 aromatic carbocycles. The van der Waals surface area contributed by atoms with E-state index in [-0.39, 0.29) is 31.9 Å². The number of halogens is 2. The largest absolute Gasteiger partial charge is 0.339 e. The van der Waals surface area contributed by atoms with Gasteiger partial charge in [0.05, 0.1) is 22.3 Å². The highest BCUT2D eigenvalue weighted by Gasteiger charge is 2.32. The monoisotopic (exact) mass is 483 g/mol. The minimum absolute atomic E-state index is 0.0336. The zero-order chi connectivity index (χ0) is 23.5. The van der Waals surface area contributed by atoms with Gasteiger partial charge in [-0.2, -0.15) is 9.57 Å². The molecule has 0 spiro atoms. The van der Waals surface area contributed by atoms with E-state index in [2.05, 4.69) is 0 Å². The van der Waals surface area contributed by atoms with Crippen LogP contribution in [-0.4, -0.2) is 63.9 Å². The van der Waals surface area contributed by atoms with Crippen molar-refractivity contribution in [3.05, 3.63) is 65.2 Å². The highest BCUT2D eigenvalue weighted by molar-refractivity contribution is 7.91. The van der Waals surface area contributed by atoms with E-state index in [9.17, 15) is 30.4 Å². The van der Waals surface area contributed by atoms with E-state index >= 15 is 0 Å². The fourth-order valence-electron chi connectivity index (χ4n) is 3.22. The molecule has 3 rings (SSSR count). The first-order chi connectivity index (χ1) is 15.0. The van der Waals surface area contributed by atoms with Crippen molar-refractivity contribution in [1.29, 1.82) is 5.26 Å². The standard InChI is InChI=1S/C20H19F2N3O5S2/c21-18-6-5-17(11-19(18)22)32(29,30)25-9-7-24(8-10-25)20(26)14-31(27,28)13-16-3-1-15(12-23)2-4-16/h1-6,11H,7-10,13-14H2. The van der Waals surface area contributed by atoms with Crippen LogP contribution in [0.4, 0.5) is 8.78 Å². The summed E-state index contributed by atoms with van der Waals surface area (Å²) in [4.78, 5) is 13.3.